The third-order valence-corrected chi connectivity index (χ3v) is 2.62. The van der Waals surface area contributed by atoms with Gasteiger partial charge in [0.2, 0.25) is 0 Å². The summed E-state index contributed by atoms with van der Waals surface area (Å²) in [6.45, 7) is 4.74. The van der Waals surface area contributed by atoms with Crippen molar-refractivity contribution in [3.05, 3.63) is 28.8 Å². The van der Waals surface area contributed by atoms with E-state index in [9.17, 15) is 0 Å². The number of rotatable bonds is 3. The molecule has 0 saturated carbocycles. The first-order valence-electron chi connectivity index (χ1n) is 4.55. The summed E-state index contributed by atoms with van der Waals surface area (Å²) >= 11 is 5.97. The van der Waals surface area contributed by atoms with Crippen molar-refractivity contribution in [1.29, 1.82) is 0 Å². The van der Waals surface area contributed by atoms with Crippen LogP contribution in [0.4, 0.5) is 0 Å². The zero-order chi connectivity index (χ0) is 10.8. The van der Waals surface area contributed by atoms with Crippen LogP contribution in [-0.2, 0) is 5.41 Å². The van der Waals surface area contributed by atoms with Crippen molar-refractivity contribution in [3.63, 3.8) is 0 Å². The zero-order valence-corrected chi connectivity index (χ0v) is 9.56. The molecule has 0 aliphatic heterocycles. The molecule has 1 rings (SSSR count). The Hall–Kier alpha value is -0.730. The lowest BCUT2D eigenvalue weighted by molar-refractivity contribution is 0.412. The van der Waals surface area contributed by atoms with Gasteiger partial charge in [-0.05, 0) is 23.8 Å². The van der Waals surface area contributed by atoms with Gasteiger partial charge >= 0.3 is 0 Å². The van der Waals surface area contributed by atoms with E-state index in [-0.39, 0.29) is 5.41 Å². The van der Waals surface area contributed by atoms with Gasteiger partial charge in [0, 0.05) is 17.0 Å². The number of methoxy groups -OCH3 is 1. The monoisotopic (exact) mass is 213 g/mol. The fourth-order valence-electron chi connectivity index (χ4n) is 1.19. The highest BCUT2D eigenvalue weighted by molar-refractivity contribution is 6.30. The maximum Gasteiger partial charge on any atom is 0.120 e. The van der Waals surface area contributed by atoms with E-state index in [0.717, 1.165) is 11.3 Å². The zero-order valence-electron chi connectivity index (χ0n) is 8.80. The van der Waals surface area contributed by atoms with Crippen LogP contribution in [0.3, 0.4) is 0 Å². The molecule has 1 aromatic rings. The molecule has 0 saturated heterocycles. The summed E-state index contributed by atoms with van der Waals surface area (Å²) in [7, 11) is 1.63. The molecule has 1 aromatic carbocycles. The number of benzene rings is 1. The summed E-state index contributed by atoms with van der Waals surface area (Å²) in [6, 6.07) is 5.69. The van der Waals surface area contributed by atoms with E-state index >= 15 is 0 Å². The Morgan fingerprint density at radius 3 is 2.50 bits per heavy atom. The Morgan fingerprint density at radius 1 is 1.36 bits per heavy atom. The average Bonchev–Trinajstić information content (AvgIpc) is 2.16. The number of hydrogen-bond donors (Lipinski definition) is 1. The summed E-state index contributed by atoms with van der Waals surface area (Å²) in [5.74, 6) is 0.772. The van der Waals surface area contributed by atoms with Crippen molar-refractivity contribution >= 4 is 11.6 Å². The van der Waals surface area contributed by atoms with Gasteiger partial charge in [0.05, 0.1) is 7.11 Å². The van der Waals surface area contributed by atoms with Crippen LogP contribution in [0.25, 0.3) is 0 Å². The first-order chi connectivity index (χ1) is 6.49. The Labute approximate surface area is 90.0 Å². The third kappa shape index (κ3) is 2.40. The van der Waals surface area contributed by atoms with Crippen LogP contribution in [0, 0.1) is 0 Å². The summed E-state index contributed by atoms with van der Waals surface area (Å²) < 4.78 is 5.15. The highest BCUT2D eigenvalue weighted by Gasteiger charge is 2.19. The van der Waals surface area contributed by atoms with E-state index in [1.807, 2.05) is 12.1 Å². The van der Waals surface area contributed by atoms with Crippen LogP contribution in [0.15, 0.2) is 18.2 Å². The first-order valence-corrected chi connectivity index (χ1v) is 4.92. The second-order valence-electron chi connectivity index (χ2n) is 3.97. The van der Waals surface area contributed by atoms with Crippen LogP contribution in [0.2, 0.25) is 5.02 Å². The number of halogens is 1. The molecule has 0 heterocycles. The van der Waals surface area contributed by atoms with Gasteiger partial charge in [-0.2, -0.15) is 0 Å². The van der Waals surface area contributed by atoms with Crippen molar-refractivity contribution in [2.75, 3.05) is 13.7 Å². The molecule has 0 amide bonds. The highest BCUT2D eigenvalue weighted by atomic mass is 35.5. The molecule has 2 N–H and O–H groups in total. The molecule has 3 heteroatoms. The van der Waals surface area contributed by atoms with E-state index < -0.39 is 0 Å². The normalized spacial score (nSPS) is 11.5. The van der Waals surface area contributed by atoms with Gasteiger partial charge in [0.25, 0.3) is 0 Å². The van der Waals surface area contributed by atoms with Gasteiger partial charge in [-0.15, -0.1) is 0 Å². The molecular weight excluding hydrogens is 198 g/mol. The minimum atomic E-state index is -0.0712. The molecule has 14 heavy (non-hydrogen) atoms. The average molecular weight is 214 g/mol. The smallest absolute Gasteiger partial charge is 0.120 e. The summed E-state index contributed by atoms with van der Waals surface area (Å²) in [4.78, 5) is 0. The summed E-state index contributed by atoms with van der Waals surface area (Å²) in [5.41, 5.74) is 6.73. The lowest BCUT2D eigenvalue weighted by Crippen LogP contribution is -2.28. The fraction of sp³-hybridized carbons (Fsp3) is 0.455. The van der Waals surface area contributed by atoms with E-state index in [1.165, 1.54) is 0 Å². The molecule has 0 aromatic heterocycles. The quantitative estimate of drug-likeness (QED) is 0.838. The van der Waals surface area contributed by atoms with Crippen molar-refractivity contribution in [3.8, 4) is 5.75 Å². The van der Waals surface area contributed by atoms with Crippen LogP contribution in [-0.4, -0.2) is 13.7 Å². The van der Waals surface area contributed by atoms with Crippen molar-refractivity contribution in [2.24, 2.45) is 5.73 Å². The second kappa shape index (κ2) is 4.20. The molecule has 78 valence electrons. The lowest BCUT2D eigenvalue weighted by atomic mass is 9.85. The number of hydrogen-bond acceptors (Lipinski definition) is 2. The lowest BCUT2D eigenvalue weighted by Gasteiger charge is -2.23. The van der Waals surface area contributed by atoms with Crippen LogP contribution in [0.5, 0.6) is 5.75 Å². The number of ether oxygens (including phenoxy) is 1. The van der Waals surface area contributed by atoms with Gasteiger partial charge in [-0.3, -0.25) is 0 Å². The Balaban J connectivity index is 3.15. The molecule has 0 aliphatic rings. The molecule has 0 atom stereocenters. The molecular formula is C11H16ClNO. The Bertz CT molecular complexity index is 323. The van der Waals surface area contributed by atoms with Crippen LogP contribution < -0.4 is 10.5 Å². The predicted octanol–water partition coefficient (Wildman–Crippen LogP) is 2.58. The number of nitrogens with two attached hydrogens (primary N) is 1. The molecule has 0 fully saturated rings. The van der Waals surface area contributed by atoms with E-state index in [2.05, 4.69) is 13.8 Å². The second-order valence-corrected chi connectivity index (χ2v) is 4.40. The van der Waals surface area contributed by atoms with Crippen LogP contribution >= 0.6 is 11.6 Å². The van der Waals surface area contributed by atoms with E-state index in [4.69, 9.17) is 22.1 Å². The Kier molecular flexibility index (Phi) is 3.40. The predicted molar refractivity (Wildman–Crippen MR) is 60.1 cm³/mol. The first kappa shape index (κ1) is 11.3. The SMILES string of the molecule is COc1cc(Cl)cc(C(C)(C)CN)c1. The minimum absolute atomic E-state index is 0.0712. The molecule has 0 aliphatic carbocycles. The van der Waals surface area contributed by atoms with Crippen molar-refractivity contribution in [2.45, 2.75) is 19.3 Å². The molecule has 0 bridgehead atoms. The van der Waals surface area contributed by atoms with Crippen molar-refractivity contribution in [1.82, 2.24) is 0 Å². The standard InChI is InChI=1S/C11H16ClNO/c1-11(2,7-13)8-4-9(12)6-10(5-8)14-3/h4-6H,7,13H2,1-3H3. The third-order valence-electron chi connectivity index (χ3n) is 2.40. The van der Waals surface area contributed by atoms with Crippen LogP contribution in [0.1, 0.15) is 19.4 Å². The van der Waals surface area contributed by atoms with Gasteiger partial charge in [-0.25, -0.2) is 0 Å². The van der Waals surface area contributed by atoms with Gasteiger partial charge in [0.1, 0.15) is 5.75 Å². The molecule has 0 unspecified atom stereocenters. The molecule has 0 spiro atoms. The molecule has 0 radical (unpaired) electrons. The Morgan fingerprint density at radius 2 is 2.00 bits per heavy atom. The van der Waals surface area contributed by atoms with E-state index in [0.29, 0.717) is 11.6 Å². The topological polar surface area (TPSA) is 35.2 Å². The maximum atomic E-state index is 5.97. The summed E-state index contributed by atoms with van der Waals surface area (Å²) in [5, 5.41) is 0.681. The largest absolute Gasteiger partial charge is 0.497 e. The van der Waals surface area contributed by atoms with Gasteiger partial charge in [-0.1, -0.05) is 25.4 Å². The highest BCUT2D eigenvalue weighted by Crippen LogP contribution is 2.29. The van der Waals surface area contributed by atoms with Crippen molar-refractivity contribution < 1.29 is 4.74 Å². The van der Waals surface area contributed by atoms with E-state index in [1.54, 1.807) is 13.2 Å². The van der Waals surface area contributed by atoms with Gasteiger partial charge < -0.3 is 10.5 Å². The fourth-order valence-corrected chi connectivity index (χ4v) is 1.41. The molecule has 2 nitrogen and oxygen atoms in total. The summed E-state index contributed by atoms with van der Waals surface area (Å²) in [6.07, 6.45) is 0. The maximum absolute atomic E-state index is 5.97. The van der Waals surface area contributed by atoms with Gasteiger partial charge in [0.15, 0.2) is 0 Å². The minimum Gasteiger partial charge on any atom is -0.497 e.